The van der Waals surface area contributed by atoms with Gasteiger partial charge in [-0.1, -0.05) is 158 Å². The molecule has 0 N–H and O–H groups in total. The molecule has 4 aliphatic carbocycles. The lowest BCUT2D eigenvalue weighted by Gasteiger charge is -2.55. The molecule has 14 rings (SSSR count). The highest BCUT2D eigenvalue weighted by Crippen LogP contribution is 2.62. The van der Waals surface area contributed by atoms with Crippen molar-refractivity contribution in [3.05, 3.63) is 169 Å². The highest BCUT2D eigenvalue weighted by Gasteiger charge is 2.49. The lowest BCUT2D eigenvalue weighted by atomic mass is 9.50. The maximum atomic E-state index is 7.14. The Morgan fingerprint density at radius 3 is 1.37 bits per heavy atom. The maximum Gasteiger partial charge on any atom is 0.143 e. The van der Waals surface area contributed by atoms with E-state index in [2.05, 4.69) is 164 Å². The molecule has 0 radical (unpaired) electrons. The molecule has 1 nitrogen and oxygen atoms in total. The molecule has 1 heterocycles. The minimum Gasteiger partial charge on any atom is -0.455 e. The Morgan fingerprint density at radius 2 is 0.789 bits per heavy atom. The summed E-state index contributed by atoms with van der Waals surface area (Å²) in [5.41, 5.74) is 11.0. The van der Waals surface area contributed by atoms with Gasteiger partial charge in [0.25, 0.3) is 0 Å². The van der Waals surface area contributed by atoms with E-state index in [4.69, 9.17) is 4.42 Å². The zero-order valence-electron chi connectivity index (χ0n) is 31.9. The predicted molar refractivity (Wildman–Crippen MR) is 240 cm³/mol. The number of fused-ring (bicyclic) bond motifs is 7. The number of hydrogen-bond donors (Lipinski definition) is 0. The van der Waals surface area contributed by atoms with Crippen molar-refractivity contribution in [1.82, 2.24) is 0 Å². The monoisotopic (exact) mass is 730 g/mol. The number of hydrogen-bond acceptors (Lipinski definition) is 1. The molecule has 0 spiro atoms. The number of rotatable bonds is 4. The molecule has 57 heavy (non-hydrogen) atoms. The normalized spacial score (nSPS) is 21.5. The highest BCUT2D eigenvalue weighted by molar-refractivity contribution is 6.27. The zero-order chi connectivity index (χ0) is 37.2. The van der Waals surface area contributed by atoms with Crippen molar-refractivity contribution in [2.24, 2.45) is 23.7 Å². The number of furan rings is 1. The van der Waals surface area contributed by atoms with Crippen LogP contribution in [0.1, 0.15) is 43.6 Å². The molecule has 9 aromatic carbocycles. The molecular formula is C56H42O. The van der Waals surface area contributed by atoms with Crippen LogP contribution in [0.15, 0.2) is 168 Å². The van der Waals surface area contributed by atoms with Crippen molar-refractivity contribution >= 4 is 65.0 Å². The molecule has 10 aromatic rings. The Morgan fingerprint density at radius 1 is 0.351 bits per heavy atom. The smallest absolute Gasteiger partial charge is 0.143 e. The lowest BCUT2D eigenvalue weighted by Crippen LogP contribution is -2.43. The summed E-state index contributed by atoms with van der Waals surface area (Å²) in [5, 5.41) is 13.0. The fourth-order valence-corrected chi connectivity index (χ4v) is 12.8. The average molecular weight is 731 g/mol. The van der Waals surface area contributed by atoms with Crippen LogP contribution in [0.4, 0.5) is 0 Å². The van der Waals surface area contributed by atoms with Gasteiger partial charge in [0.15, 0.2) is 0 Å². The molecular weight excluding hydrogens is 689 g/mol. The van der Waals surface area contributed by atoms with Gasteiger partial charge in [-0.2, -0.15) is 0 Å². The predicted octanol–water partition coefficient (Wildman–Crippen LogP) is 15.7. The Hall–Kier alpha value is -6.18. The largest absolute Gasteiger partial charge is 0.455 e. The van der Waals surface area contributed by atoms with Gasteiger partial charge in [-0.15, -0.1) is 0 Å². The van der Waals surface area contributed by atoms with Crippen molar-refractivity contribution in [1.29, 1.82) is 0 Å². The molecule has 4 bridgehead atoms. The van der Waals surface area contributed by atoms with Gasteiger partial charge < -0.3 is 4.42 Å². The van der Waals surface area contributed by atoms with E-state index in [9.17, 15) is 0 Å². The number of benzene rings is 9. The Bertz CT molecular complexity index is 3110. The fraction of sp³-hybridized carbons (Fsp3) is 0.179. The van der Waals surface area contributed by atoms with Crippen molar-refractivity contribution in [3.8, 4) is 33.4 Å². The van der Waals surface area contributed by atoms with Crippen LogP contribution in [0.25, 0.3) is 98.4 Å². The van der Waals surface area contributed by atoms with Gasteiger partial charge in [0.1, 0.15) is 11.2 Å². The first-order valence-electron chi connectivity index (χ1n) is 21.2. The van der Waals surface area contributed by atoms with E-state index in [0.29, 0.717) is 5.92 Å². The van der Waals surface area contributed by atoms with E-state index in [0.717, 1.165) is 40.2 Å². The first kappa shape index (κ1) is 32.0. The quantitative estimate of drug-likeness (QED) is 0.164. The Balaban J connectivity index is 1.08. The molecule has 272 valence electrons. The van der Waals surface area contributed by atoms with Crippen molar-refractivity contribution < 1.29 is 4.42 Å². The summed E-state index contributed by atoms with van der Waals surface area (Å²) in [4.78, 5) is 0. The van der Waals surface area contributed by atoms with Gasteiger partial charge in [0, 0.05) is 21.9 Å². The van der Waals surface area contributed by atoms with Crippen LogP contribution in [-0.2, 0) is 0 Å². The minimum absolute atomic E-state index is 0.643. The van der Waals surface area contributed by atoms with E-state index in [1.165, 1.54) is 114 Å². The molecule has 0 amide bonds. The van der Waals surface area contributed by atoms with Crippen LogP contribution in [0.3, 0.4) is 0 Å². The van der Waals surface area contributed by atoms with Gasteiger partial charge in [-0.3, -0.25) is 0 Å². The maximum absolute atomic E-state index is 7.14. The summed E-state index contributed by atoms with van der Waals surface area (Å²) in [6.07, 6.45) is 7.16. The summed E-state index contributed by atoms with van der Waals surface area (Å²) in [6.45, 7) is 0. The van der Waals surface area contributed by atoms with Gasteiger partial charge in [0.05, 0.1) is 0 Å². The molecule has 0 unspecified atom stereocenters. The molecule has 4 aliphatic rings. The first-order valence-corrected chi connectivity index (χ1v) is 21.2. The molecule has 0 atom stereocenters. The fourth-order valence-electron chi connectivity index (χ4n) is 12.8. The van der Waals surface area contributed by atoms with E-state index in [1.807, 2.05) is 0 Å². The van der Waals surface area contributed by atoms with Crippen LogP contribution in [0.2, 0.25) is 0 Å². The third-order valence-electron chi connectivity index (χ3n) is 14.6. The van der Waals surface area contributed by atoms with E-state index in [1.54, 1.807) is 5.56 Å². The van der Waals surface area contributed by atoms with E-state index < -0.39 is 0 Å². The van der Waals surface area contributed by atoms with Crippen LogP contribution in [0, 0.1) is 23.7 Å². The molecule has 1 heteroatoms. The summed E-state index contributed by atoms with van der Waals surface area (Å²) in [5.74, 6) is 4.17. The van der Waals surface area contributed by atoms with Gasteiger partial charge in [-0.25, -0.2) is 0 Å². The molecule has 0 aliphatic heterocycles. The second-order valence-corrected chi connectivity index (χ2v) is 17.5. The standard InChI is InChI=1S/C56H42O/c1-2-14-35(15-3-1)51-38-16-4-6-18-40(38)52(41-19-7-5-17-39(41)51)46-24-13-27-49-54(46)48-26-12-25-47(56(48)57-49)53-42-20-8-10-22-44(42)55(45-23-11-9-21-43(45)53)50-36-29-33-28-34(31-36)32-37(50)30-33/h1-27,33-34,36-37,50H,28-32H2. The third kappa shape index (κ3) is 4.57. The van der Waals surface area contributed by atoms with Crippen molar-refractivity contribution in [2.75, 3.05) is 0 Å². The summed E-state index contributed by atoms with van der Waals surface area (Å²) < 4.78 is 7.14. The van der Waals surface area contributed by atoms with Crippen LogP contribution in [-0.4, -0.2) is 0 Å². The molecule has 0 saturated heterocycles. The van der Waals surface area contributed by atoms with E-state index in [-0.39, 0.29) is 0 Å². The van der Waals surface area contributed by atoms with Crippen LogP contribution < -0.4 is 0 Å². The summed E-state index contributed by atoms with van der Waals surface area (Å²) >= 11 is 0. The van der Waals surface area contributed by atoms with Crippen LogP contribution in [0.5, 0.6) is 0 Å². The van der Waals surface area contributed by atoms with Crippen molar-refractivity contribution in [2.45, 2.75) is 38.0 Å². The lowest BCUT2D eigenvalue weighted by molar-refractivity contribution is -0.00185. The Kier molecular flexibility index (Phi) is 6.82. The second-order valence-electron chi connectivity index (χ2n) is 17.5. The average Bonchev–Trinajstić information content (AvgIpc) is 3.65. The molecule has 4 saturated carbocycles. The zero-order valence-corrected chi connectivity index (χ0v) is 31.9. The second kappa shape index (κ2) is 12.2. The topological polar surface area (TPSA) is 13.1 Å². The van der Waals surface area contributed by atoms with Gasteiger partial charge >= 0.3 is 0 Å². The minimum atomic E-state index is 0.643. The van der Waals surface area contributed by atoms with Gasteiger partial charge in [0.2, 0.25) is 0 Å². The summed E-state index contributed by atoms with van der Waals surface area (Å²) in [6, 6.07) is 60.9. The van der Waals surface area contributed by atoms with Gasteiger partial charge in [-0.05, 0) is 139 Å². The van der Waals surface area contributed by atoms with Crippen molar-refractivity contribution in [3.63, 3.8) is 0 Å². The molecule has 4 fully saturated rings. The number of para-hydroxylation sites is 1. The third-order valence-corrected chi connectivity index (χ3v) is 14.6. The highest BCUT2D eigenvalue weighted by atomic mass is 16.3. The van der Waals surface area contributed by atoms with Crippen LogP contribution >= 0.6 is 0 Å². The summed E-state index contributed by atoms with van der Waals surface area (Å²) in [7, 11) is 0. The molecule has 1 aromatic heterocycles. The van der Waals surface area contributed by atoms with E-state index >= 15 is 0 Å². The first-order chi connectivity index (χ1) is 28.3. The Labute approximate surface area is 332 Å². The SMILES string of the molecule is c1ccc(-c2c3ccccc3c(-c3cccc4oc5c(-c6c7ccccc7c(C7C8CC9CC(C8)CC7C9)c7ccccc67)cccc5c34)c3ccccc23)cc1.